The third-order valence-electron chi connectivity index (χ3n) is 7.96. The summed E-state index contributed by atoms with van der Waals surface area (Å²) >= 11 is 0. The molecule has 1 aliphatic heterocycles. The highest BCUT2D eigenvalue weighted by Crippen LogP contribution is 2.58. The van der Waals surface area contributed by atoms with Gasteiger partial charge in [0.1, 0.15) is 17.1 Å². The molecule has 2 bridgehead atoms. The minimum Gasteiger partial charge on any atom is -0.508 e. The average Bonchev–Trinajstić information content (AvgIpc) is 3.05. The Morgan fingerprint density at radius 1 is 1.17 bits per heavy atom. The summed E-state index contributed by atoms with van der Waals surface area (Å²) in [6.07, 6.45) is 3.00. The van der Waals surface area contributed by atoms with Crippen LogP contribution in [-0.4, -0.2) is 39.8 Å². The van der Waals surface area contributed by atoms with Crippen molar-refractivity contribution in [2.75, 3.05) is 13.1 Å². The molecule has 2 heterocycles. The van der Waals surface area contributed by atoms with Gasteiger partial charge in [-0.25, -0.2) is 0 Å². The first-order chi connectivity index (χ1) is 14.4. The number of aliphatic hydroxyl groups is 1. The van der Waals surface area contributed by atoms with Crippen LogP contribution in [0.4, 0.5) is 0 Å². The Hall–Kier alpha value is -2.30. The molecule has 4 nitrogen and oxygen atoms in total. The normalized spacial score (nSPS) is 30.2. The molecule has 1 saturated heterocycles. The molecule has 2 aromatic carbocycles. The summed E-state index contributed by atoms with van der Waals surface area (Å²) in [5.41, 5.74) is 3.17. The van der Waals surface area contributed by atoms with Crippen LogP contribution in [0.3, 0.4) is 0 Å². The molecule has 0 amide bonds. The summed E-state index contributed by atoms with van der Waals surface area (Å²) in [6.45, 7) is 6.47. The van der Waals surface area contributed by atoms with Gasteiger partial charge in [-0.3, -0.25) is 4.90 Å². The SMILES string of the molecule is CC(C)CN1CCC23Cc4oc5ccccc5c4CC2(O)C1Cc1ccc(O)cc13. The van der Waals surface area contributed by atoms with Crippen molar-refractivity contribution in [3.05, 3.63) is 64.9 Å². The standard InChI is InChI=1S/C26H29NO3/c1-16(2)15-27-10-9-25-14-23-20(19-5-3-4-6-22(19)30-23)13-26(25,29)24(27)11-17-7-8-18(28)12-21(17)25/h3-8,12,16,24,28-29H,9-11,13-15H2,1-2H3. The third-order valence-corrected chi connectivity index (χ3v) is 7.96. The van der Waals surface area contributed by atoms with Crippen LogP contribution in [0.1, 0.15) is 42.7 Å². The number of benzene rings is 2. The number of hydrogen-bond acceptors (Lipinski definition) is 4. The summed E-state index contributed by atoms with van der Waals surface area (Å²) in [7, 11) is 0. The van der Waals surface area contributed by atoms with Gasteiger partial charge in [0.15, 0.2) is 0 Å². The lowest BCUT2D eigenvalue weighted by molar-refractivity contribution is -0.154. The summed E-state index contributed by atoms with van der Waals surface area (Å²) < 4.78 is 6.32. The molecule has 2 N–H and O–H groups in total. The van der Waals surface area contributed by atoms with E-state index in [1.165, 1.54) is 11.1 Å². The molecule has 3 aliphatic rings. The maximum Gasteiger partial charge on any atom is 0.134 e. The Kier molecular flexibility index (Phi) is 3.76. The number of phenols is 1. The molecule has 6 rings (SSSR count). The Balaban J connectivity index is 1.59. The second-order valence-corrected chi connectivity index (χ2v) is 10.1. The van der Waals surface area contributed by atoms with Crippen molar-refractivity contribution in [1.29, 1.82) is 0 Å². The molecule has 156 valence electrons. The van der Waals surface area contributed by atoms with Gasteiger partial charge in [-0.2, -0.15) is 0 Å². The smallest absolute Gasteiger partial charge is 0.134 e. The number of piperidine rings is 1. The van der Waals surface area contributed by atoms with Crippen molar-refractivity contribution >= 4 is 11.0 Å². The first-order valence-corrected chi connectivity index (χ1v) is 11.2. The van der Waals surface area contributed by atoms with Gasteiger partial charge in [0.05, 0.1) is 5.60 Å². The minimum atomic E-state index is -0.874. The van der Waals surface area contributed by atoms with Crippen molar-refractivity contribution < 1.29 is 14.6 Å². The molecule has 0 radical (unpaired) electrons. The fraction of sp³-hybridized carbons (Fsp3) is 0.462. The van der Waals surface area contributed by atoms with Gasteiger partial charge in [-0.1, -0.05) is 38.1 Å². The molecular formula is C26H29NO3. The maximum absolute atomic E-state index is 12.5. The molecule has 3 aromatic rings. The van der Waals surface area contributed by atoms with Gasteiger partial charge in [0.2, 0.25) is 0 Å². The minimum absolute atomic E-state index is 0.0764. The monoisotopic (exact) mass is 403 g/mol. The van der Waals surface area contributed by atoms with E-state index in [1.807, 2.05) is 24.3 Å². The van der Waals surface area contributed by atoms with Crippen LogP contribution >= 0.6 is 0 Å². The van der Waals surface area contributed by atoms with Gasteiger partial charge in [-0.15, -0.1) is 0 Å². The maximum atomic E-state index is 12.5. The molecule has 3 unspecified atom stereocenters. The summed E-state index contributed by atoms with van der Waals surface area (Å²) in [4.78, 5) is 2.52. The fourth-order valence-corrected chi connectivity index (χ4v) is 6.73. The highest BCUT2D eigenvalue weighted by atomic mass is 16.3. The molecule has 3 atom stereocenters. The van der Waals surface area contributed by atoms with Crippen LogP contribution in [0.2, 0.25) is 0 Å². The first kappa shape index (κ1) is 18.5. The van der Waals surface area contributed by atoms with Crippen LogP contribution in [0.25, 0.3) is 11.0 Å². The molecule has 30 heavy (non-hydrogen) atoms. The molecule has 1 fully saturated rings. The summed E-state index contributed by atoms with van der Waals surface area (Å²) in [5, 5.41) is 24.0. The number of aromatic hydroxyl groups is 1. The number of likely N-dealkylation sites (tertiary alicyclic amines) is 1. The van der Waals surface area contributed by atoms with Gasteiger partial charge >= 0.3 is 0 Å². The van der Waals surface area contributed by atoms with Crippen LogP contribution in [-0.2, 0) is 24.7 Å². The summed E-state index contributed by atoms with van der Waals surface area (Å²) in [5.74, 6) is 1.84. The zero-order valence-corrected chi connectivity index (χ0v) is 17.7. The van der Waals surface area contributed by atoms with Gasteiger partial charge in [-0.05, 0) is 54.6 Å². The fourth-order valence-electron chi connectivity index (χ4n) is 6.73. The average molecular weight is 404 g/mol. The first-order valence-electron chi connectivity index (χ1n) is 11.2. The van der Waals surface area contributed by atoms with Crippen molar-refractivity contribution in [3.63, 3.8) is 0 Å². The van der Waals surface area contributed by atoms with E-state index in [-0.39, 0.29) is 11.8 Å². The van der Waals surface area contributed by atoms with Crippen molar-refractivity contribution in [2.24, 2.45) is 5.92 Å². The van der Waals surface area contributed by atoms with E-state index in [4.69, 9.17) is 4.42 Å². The lowest BCUT2D eigenvalue weighted by Crippen LogP contribution is -2.74. The van der Waals surface area contributed by atoms with E-state index in [1.54, 1.807) is 6.07 Å². The molecule has 0 saturated carbocycles. The zero-order valence-electron chi connectivity index (χ0n) is 17.7. The Morgan fingerprint density at radius 3 is 2.83 bits per heavy atom. The number of hydrogen-bond donors (Lipinski definition) is 2. The predicted octanol–water partition coefficient (Wildman–Crippen LogP) is 4.19. The van der Waals surface area contributed by atoms with E-state index in [0.717, 1.165) is 48.2 Å². The molecule has 2 aliphatic carbocycles. The van der Waals surface area contributed by atoms with Crippen molar-refractivity contribution in [1.82, 2.24) is 4.90 Å². The van der Waals surface area contributed by atoms with Crippen LogP contribution in [0.15, 0.2) is 46.9 Å². The number of para-hydroxylation sites is 1. The number of nitrogens with zero attached hydrogens (tertiary/aromatic N) is 1. The second kappa shape index (κ2) is 6.12. The highest BCUT2D eigenvalue weighted by Gasteiger charge is 2.65. The van der Waals surface area contributed by atoms with Gasteiger partial charge < -0.3 is 14.6 Å². The zero-order chi connectivity index (χ0) is 20.7. The van der Waals surface area contributed by atoms with E-state index in [0.29, 0.717) is 18.8 Å². The number of rotatable bonds is 2. The van der Waals surface area contributed by atoms with Crippen molar-refractivity contribution in [3.8, 4) is 5.75 Å². The van der Waals surface area contributed by atoms with E-state index in [2.05, 4.69) is 30.9 Å². The quantitative estimate of drug-likeness (QED) is 0.674. The number of fused-ring (bicyclic) bond motifs is 4. The molecule has 4 heteroatoms. The van der Waals surface area contributed by atoms with Gasteiger partial charge in [0, 0.05) is 41.8 Å². The Morgan fingerprint density at radius 2 is 2.00 bits per heavy atom. The second-order valence-electron chi connectivity index (χ2n) is 10.1. The Bertz CT molecular complexity index is 1150. The Labute approximate surface area is 177 Å². The van der Waals surface area contributed by atoms with Crippen molar-refractivity contribution in [2.45, 2.75) is 56.6 Å². The van der Waals surface area contributed by atoms with E-state index >= 15 is 0 Å². The summed E-state index contributed by atoms with van der Waals surface area (Å²) in [6, 6.07) is 14.0. The van der Waals surface area contributed by atoms with E-state index in [9.17, 15) is 10.2 Å². The largest absolute Gasteiger partial charge is 0.508 e. The van der Waals surface area contributed by atoms with Crippen LogP contribution in [0.5, 0.6) is 5.75 Å². The lowest BCUT2D eigenvalue weighted by Gasteiger charge is -2.63. The molecular weight excluding hydrogens is 374 g/mol. The third kappa shape index (κ3) is 2.29. The van der Waals surface area contributed by atoms with Crippen LogP contribution in [0, 0.1) is 5.92 Å². The molecule has 0 spiro atoms. The van der Waals surface area contributed by atoms with Crippen LogP contribution < -0.4 is 0 Å². The number of furan rings is 1. The number of phenolic OH excluding ortho intramolecular Hbond substituents is 1. The highest BCUT2D eigenvalue weighted by molar-refractivity contribution is 5.83. The lowest BCUT2D eigenvalue weighted by atomic mass is 9.49. The van der Waals surface area contributed by atoms with E-state index < -0.39 is 11.0 Å². The molecule has 1 aromatic heterocycles. The predicted molar refractivity (Wildman–Crippen MR) is 117 cm³/mol. The van der Waals surface area contributed by atoms with Gasteiger partial charge in [0.25, 0.3) is 0 Å². The topological polar surface area (TPSA) is 56.8 Å².